The van der Waals surface area contributed by atoms with E-state index in [1.807, 2.05) is 0 Å². The standard InChI is InChI=1S/C11H15ClO3S/c1-2-3-4-8-15-10-6-5-7-11(9-10)16(12,13)14/h5-7,9H,2-4,8H2,1H3. The Labute approximate surface area is 101 Å². The van der Waals surface area contributed by atoms with Crippen LogP contribution >= 0.6 is 10.7 Å². The molecule has 90 valence electrons. The molecule has 0 saturated carbocycles. The van der Waals surface area contributed by atoms with Gasteiger partial charge in [0, 0.05) is 16.7 Å². The van der Waals surface area contributed by atoms with Crippen molar-refractivity contribution in [3.8, 4) is 5.75 Å². The molecule has 5 heteroatoms. The molecule has 0 heterocycles. The van der Waals surface area contributed by atoms with E-state index in [-0.39, 0.29) is 4.90 Å². The number of benzene rings is 1. The highest BCUT2D eigenvalue weighted by Crippen LogP contribution is 2.20. The fourth-order valence-electron chi connectivity index (χ4n) is 1.26. The van der Waals surface area contributed by atoms with E-state index >= 15 is 0 Å². The summed E-state index contributed by atoms with van der Waals surface area (Å²) in [6.07, 6.45) is 3.20. The molecule has 0 saturated heterocycles. The molecular weight excluding hydrogens is 248 g/mol. The Morgan fingerprint density at radius 3 is 2.69 bits per heavy atom. The summed E-state index contributed by atoms with van der Waals surface area (Å²) in [5.74, 6) is 0.540. The van der Waals surface area contributed by atoms with Crippen LogP contribution in [0, 0.1) is 0 Å². The molecule has 0 aliphatic rings. The lowest BCUT2D eigenvalue weighted by atomic mass is 10.3. The molecule has 1 rings (SSSR count). The van der Waals surface area contributed by atoms with E-state index in [4.69, 9.17) is 15.4 Å². The molecule has 0 atom stereocenters. The van der Waals surface area contributed by atoms with Crippen LogP contribution in [0.25, 0.3) is 0 Å². The maximum Gasteiger partial charge on any atom is 0.261 e. The van der Waals surface area contributed by atoms with Gasteiger partial charge in [-0.25, -0.2) is 8.42 Å². The van der Waals surface area contributed by atoms with E-state index in [2.05, 4.69) is 6.92 Å². The van der Waals surface area contributed by atoms with Crippen LogP contribution in [0.5, 0.6) is 5.75 Å². The van der Waals surface area contributed by atoms with Gasteiger partial charge >= 0.3 is 0 Å². The summed E-state index contributed by atoms with van der Waals surface area (Å²) in [4.78, 5) is 0.0714. The number of ether oxygens (including phenoxy) is 1. The highest BCUT2D eigenvalue weighted by atomic mass is 35.7. The number of hydrogen-bond acceptors (Lipinski definition) is 3. The van der Waals surface area contributed by atoms with Gasteiger partial charge in [-0.3, -0.25) is 0 Å². The SMILES string of the molecule is CCCCCOc1cccc(S(=O)(=O)Cl)c1. The predicted octanol–water partition coefficient (Wildman–Crippen LogP) is 3.18. The fraction of sp³-hybridized carbons (Fsp3) is 0.455. The van der Waals surface area contributed by atoms with Gasteiger partial charge in [-0.15, -0.1) is 0 Å². The molecule has 0 amide bonds. The molecule has 0 fully saturated rings. The van der Waals surface area contributed by atoms with E-state index in [1.165, 1.54) is 12.1 Å². The monoisotopic (exact) mass is 262 g/mol. The van der Waals surface area contributed by atoms with E-state index in [9.17, 15) is 8.42 Å². The van der Waals surface area contributed by atoms with Crippen molar-refractivity contribution >= 4 is 19.7 Å². The quantitative estimate of drug-likeness (QED) is 0.584. The van der Waals surface area contributed by atoms with Gasteiger partial charge < -0.3 is 4.74 Å². The molecule has 0 aliphatic heterocycles. The molecule has 16 heavy (non-hydrogen) atoms. The molecule has 0 unspecified atom stereocenters. The molecular formula is C11H15ClO3S. The van der Waals surface area contributed by atoms with Crippen molar-refractivity contribution in [3.63, 3.8) is 0 Å². The Balaban J connectivity index is 2.62. The van der Waals surface area contributed by atoms with Crippen molar-refractivity contribution in [3.05, 3.63) is 24.3 Å². The van der Waals surface area contributed by atoms with Crippen molar-refractivity contribution in [2.24, 2.45) is 0 Å². The normalized spacial score (nSPS) is 11.4. The van der Waals surface area contributed by atoms with E-state index < -0.39 is 9.05 Å². The maximum atomic E-state index is 11.1. The first-order valence-corrected chi connectivity index (χ1v) is 7.52. The van der Waals surface area contributed by atoms with Gasteiger partial charge in [0.25, 0.3) is 9.05 Å². The third kappa shape index (κ3) is 4.41. The minimum Gasteiger partial charge on any atom is -0.494 e. The smallest absolute Gasteiger partial charge is 0.261 e. The van der Waals surface area contributed by atoms with Crippen LogP contribution in [-0.4, -0.2) is 15.0 Å². The molecule has 0 spiro atoms. The van der Waals surface area contributed by atoms with Crippen LogP contribution in [-0.2, 0) is 9.05 Å². The average molecular weight is 263 g/mol. The minimum atomic E-state index is -3.67. The lowest BCUT2D eigenvalue weighted by Gasteiger charge is -2.06. The highest BCUT2D eigenvalue weighted by Gasteiger charge is 2.10. The lowest BCUT2D eigenvalue weighted by Crippen LogP contribution is -1.98. The summed E-state index contributed by atoms with van der Waals surface area (Å²) in [6.45, 7) is 2.71. The second-order valence-corrected chi connectivity index (χ2v) is 6.03. The zero-order valence-corrected chi connectivity index (χ0v) is 10.7. The Morgan fingerprint density at radius 1 is 1.31 bits per heavy atom. The van der Waals surface area contributed by atoms with Gasteiger partial charge in [-0.1, -0.05) is 25.8 Å². The summed E-state index contributed by atoms with van der Waals surface area (Å²) in [5.41, 5.74) is 0. The van der Waals surface area contributed by atoms with Gasteiger partial charge in [0.1, 0.15) is 5.75 Å². The summed E-state index contributed by atoms with van der Waals surface area (Å²) in [5, 5.41) is 0. The molecule has 0 aromatic heterocycles. The van der Waals surface area contributed by atoms with Gasteiger partial charge in [-0.2, -0.15) is 0 Å². The van der Waals surface area contributed by atoms with Crippen LogP contribution in [0.4, 0.5) is 0 Å². The van der Waals surface area contributed by atoms with E-state index in [0.29, 0.717) is 12.4 Å². The van der Waals surface area contributed by atoms with Crippen molar-refractivity contribution in [2.75, 3.05) is 6.61 Å². The first-order chi connectivity index (χ1) is 7.54. The highest BCUT2D eigenvalue weighted by molar-refractivity contribution is 8.13. The maximum absolute atomic E-state index is 11.1. The molecule has 0 bridgehead atoms. The lowest BCUT2D eigenvalue weighted by molar-refractivity contribution is 0.305. The molecule has 0 radical (unpaired) electrons. The topological polar surface area (TPSA) is 43.4 Å². The Kier molecular flexibility index (Phi) is 5.09. The zero-order chi connectivity index (χ0) is 12.0. The van der Waals surface area contributed by atoms with E-state index in [0.717, 1.165) is 19.3 Å². The second kappa shape index (κ2) is 6.11. The van der Waals surface area contributed by atoms with Gasteiger partial charge in [0.05, 0.1) is 11.5 Å². The minimum absolute atomic E-state index is 0.0714. The second-order valence-electron chi connectivity index (χ2n) is 3.47. The molecule has 1 aromatic rings. The van der Waals surface area contributed by atoms with Crippen molar-refractivity contribution in [1.82, 2.24) is 0 Å². The third-order valence-electron chi connectivity index (χ3n) is 2.10. The van der Waals surface area contributed by atoms with Crippen LogP contribution in [0.15, 0.2) is 29.2 Å². The number of hydrogen-bond donors (Lipinski definition) is 0. The van der Waals surface area contributed by atoms with Crippen molar-refractivity contribution in [2.45, 2.75) is 31.1 Å². The van der Waals surface area contributed by atoms with Crippen LogP contribution in [0.1, 0.15) is 26.2 Å². The largest absolute Gasteiger partial charge is 0.494 e. The summed E-state index contributed by atoms with van der Waals surface area (Å²) < 4.78 is 27.6. The fourth-order valence-corrected chi connectivity index (χ4v) is 2.04. The van der Waals surface area contributed by atoms with Crippen molar-refractivity contribution < 1.29 is 13.2 Å². The van der Waals surface area contributed by atoms with Crippen LogP contribution < -0.4 is 4.74 Å². The van der Waals surface area contributed by atoms with Crippen molar-refractivity contribution in [1.29, 1.82) is 0 Å². The first kappa shape index (κ1) is 13.3. The number of unbranched alkanes of at least 4 members (excludes halogenated alkanes) is 2. The Hall–Kier alpha value is -0.740. The third-order valence-corrected chi connectivity index (χ3v) is 3.46. The average Bonchev–Trinajstić information content (AvgIpc) is 2.24. The Bertz CT molecular complexity index is 429. The molecule has 3 nitrogen and oxygen atoms in total. The molecule has 1 aromatic carbocycles. The predicted molar refractivity (Wildman–Crippen MR) is 64.5 cm³/mol. The molecule has 0 N–H and O–H groups in total. The summed E-state index contributed by atoms with van der Waals surface area (Å²) >= 11 is 0. The zero-order valence-electron chi connectivity index (χ0n) is 9.15. The summed E-state index contributed by atoms with van der Waals surface area (Å²) in [7, 11) is 1.56. The number of halogens is 1. The van der Waals surface area contributed by atoms with Crippen LogP contribution in [0.3, 0.4) is 0 Å². The van der Waals surface area contributed by atoms with Gasteiger partial charge in [0.2, 0.25) is 0 Å². The van der Waals surface area contributed by atoms with Gasteiger partial charge in [0.15, 0.2) is 0 Å². The Morgan fingerprint density at radius 2 is 2.06 bits per heavy atom. The van der Waals surface area contributed by atoms with E-state index in [1.54, 1.807) is 12.1 Å². The first-order valence-electron chi connectivity index (χ1n) is 5.21. The summed E-state index contributed by atoms with van der Waals surface area (Å²) in [6, 6.07) is 6.22. The molecule has 0 aliphatic carbocycles. The number of rotatable bonds is 6. The van der Waals surface area contributed by atoms with Crippen LogP contribution in [0.2, 0.25) is 0 Å². The van der Waals surface area contributed by atoms with Gasteiger partial charge in [-0.05, 0) is 18.6 Å².